The summed E-state index contributed by atoms with van der Waals surface area (Å²) in [6, 6.07) is 15.8. The molecule has 0 fully saturated rings. The van der Waals surface area contributed by atoms with Crippen molar-refractivity contribution in [2.75, 3.05) is 13.2 Å². The molecule has 0 amide bonds. The van der Waals surface area contributed by atoms with E-state index in [1.807, 2.05) is 31.2 Å². The van der Waals surface area contributed by atoms with Crippen LogP contribution in [0.15, 0.2) is 54.6 Å². The number of benzene rings is 3. The van der Waals surface area contributed by atoms with E-state index in [0.29, 0.717) is 58.2 Å². The van der Waals surface area contributed by atoms with Crippen LogP contribution in [-0.4, -0.2) is 13.2 Å². The van der Waals surface area contributed by atoms with Crippen LogP contribution in [0, 0.1) is 5.82 Å². The zero-order valence-electron chi connectivity index (χ0n) is 17.5. The standard InChI is InChI=1S/C24H23Cl3FNO2.ClH/c1-2-30-23-12-16(14-29-10-9-17-5-3-4-6-22(17)28)11-21(27)24(23)31-15-18-7-8-19(25)13-20(18)26;/h3-8,11-13,29H,2,9-10,14-15H2,1H3;1H. The summed E-state index contributed by atoms with van der Waals surface area (Å²) < 4.78 is 25.4. The third-order valence-corrected chi connectivity index (χ3v) is 5.48. The van der Waals surface area contributed by atoms with Gasteiger partial charge in [0.1, 0.15) is 12.4 Å². The van der Waals surface area contributed by atoms with Crippen LogP contribution in [0.2, 0.25) is 15.1 Å². The van der Waals surface area contributed by atoms with Crippen molar-refractivity contribution in [3.8, 4) is 11.5 Å². The molecular formula is C24H24Cl4FNO2. The topological polar surface area (TPSA) is 30.5 Å². The monoisotopic (exact) mass is 517 g/mol. The molecule has 0 aromatic heterocycles. The number of ether oxygens (including phenoxy) is 2. The van der Waals surface area contributed by atoms with Crippen LogP contribution in [0.1, 0.15) is 23.6 Å². The largest absolute Gasteiger partial charge is 0.490 e. The maximum absolute atomic E-state index is 13.7. The molecule has 0 radical (unpaired) electrons. The SMILES string of the molecule is CCOc1cc(CNCCc2ccccc2F)cc(Cl)c1OCc1ccc(Cl)cc1Cl.Cl. The van der Waals surface area contributed by atoms with Crippen LogP contribution >= 0.6 is 47.2 Å². The predicted octanol–water partition coefficient (Wildman–Crippen LogP) is 7.52. The van der Waals surface area contributed by atoms with E-state index in [1.165, 1.54) is 6.07 Å². The Kier molecular flexibility index (Phi) is 10.9. The molecule has 3 aromatic rings. The van der Waals surface area contributed by atoms with Crippen LogP contribution in [-0.2, 0) is 19.6 Å². The summed E-state index contributed by atoms with van der Waals surface area (Å²) in [5.41, 5.74) is 2.43. The van der Waals surface area contributed by atoms with Gasteiger partial charge in [0.2, 0.25) is 0 Å². The van der Waals surface area contributed by atoms with Crippen LogP contribution in [0.5, 0.6) is 11.5 Å². The lowest BCUT2D eigenvalue weighted by Crippen LogP contribution is -2.17. The summed E-state index contributed by atoms with van der Waals surface area (Å²) in [4.78, 5) is 0. The molecule has 3 rings (SSSR count). The Hall–Kier alpha value is -1.69. The molecule has 0 spiro atoms. The van der Waals surface area contributed by atoms with Gasteiger partial charge in [0.05, 0.1) is 11.6 Å². The molecule has 0 heterocycles. The Bertz CT molecular complexity index is 1030. The minimum atomic E-state index is -0.187. The molecule has 0 bridgehead atoms. The van der Waals surface area contributed by atoms with E-state index in [0.717, 1.165) is 11.1 Å². The van der Waals surface area contributed by atoms with Crippen LogP contribution in [0.25, 0.3) is 0 Å². The highest BCUT2D eigenvalue weighted by Crippen LogP contribution is 2.37. The van der Waals surface area contributed by atoms with Gasteiger partial charge in [0.25, 0.3) is 0 Å². The summed E-state index contributed by atoms with van der Waals surface area (Å²) in [6.45, 7) is 3.80. The number of rotatable bonds is 10. The zero-order valence-corrected chi connectivity index (χ0v) is 20.6. The maximum Gasteiger partial charge on any atom is 0.180 e. The third-order valence-electron chi connectivity index (χ3n) is 4.61. The summed E-state index contributed by atoms with van der Waals surface area (Å²) in [5.74, 6) is 0.837. The van der Waals surface area contributed by atoms with Crippen molar-refractivity contribution >= 4 is 47.2 Å². The average Bonchev–Trinajstić information content (AvgIpc) is 2.73. The quantitative estimate of drug-likeness (QED) is 0.281. The highest BCUT2D eigenvalue weighted by atomic mass is 35.5. The van der Waals surface area contributed by atoms with Gasteiger partial charge in [-0.15, -0.1) is 12.4 Å². The fourth-order valence-electron chi connectivity index (χ4n) is 3.07. The number of hydrogen-bond donors (Lipinski definition) is 1. The molecule has 3 nitrogen and oxygen atoms in total. The molecule has 0 aliphatic carbocycles. The zero-order chi connectivity index (χ0) is 22.2. The van der Waals surface area contributed by atoms with Gasteiger partial charge in [-0.3, -0.25) is 0 Å². The highest BCUT2D eigenvalue weighted by Gasteiger charge is 2.14. The molecular weight excluding hydrogens is 495 g/mol. The number of nitrogens with one attached hydrogen (secondary N) is 1. The van der Waals surface area contributed by atoms with Gasteiger partial charge in [-0.25, -0.2) is 4.39 Å². The molecule has 3 aromatic carbocycles. The molecule has 172 valence electrons. The molecule has 8 heteroatoms. The van der Waals surface area contributed by atoms with Crippen LogP contribution in [0.4, 0.5) is 4.39 Å². The fraction of sp³-hybridized carbons (Fsp3) is 0.250. The first-order valence-corrected chi connectivity index (χ1v) is 11.1. The minimum Gasteiger partial charge on any atom is -0.490 e. The van der Waals surface area contributed by atoms with Crippen molar-refractivity contribution in [3.05, 3.63) is 92.2 Å². The van der Waals surface area contributed by atoms with Crippen molar-refractivity contribution < 1.29 is 13.9 Å². The van der Waals surface area contributed by atoms with E-state index < -0.39 is 0 Å². The lowest BCUT2D eigenvalue weighted by Gasteiger charge is -2.16. The van der Waals surface area contributed by atoms with Crippen molar-refractivity contribution in [1.82, 2.24) is 5.32 Å². The van der Waals surface area contributed by atoms with E-state index in [2.05, 4.69) is 5.32 Å². The van der Waals surface area contributed by atoms with Crippen LogP contribution in [0.3, 0.4) is 0 Å². The Morgan fingerprint density at radius 3 is 2.41 bits per heavy atom. The first kappa shape index (κ1) is 26.6. The van der Waals surface area contributed by atoms with E-state index in [-0.39, 0.29) is 24.8 Å². The Balaban J connectivity index is 0.00000363. The lowest BCUT2D eigenvalue weighted by molar-refractivity contribution is 0.269. The molecule has 0 saturated heterocycles. The van der Waals surface area contributed by atoms with Crippen molar-refractivity contribution in [3.63, 3.8) is 0 Å². The molecule has 32 heavy (non-hydrogen) atoms. The van der Waals surface area contributed by atoms with Gasteiger partial charge >= 0.3 is 0 Å². The molecule has 0 aliphatic rings. The van der Waals surface area contributed by atoms with Gasteiger partial charge in [-0.05, 0) is 61.3 Å². The Labute approximate surface area is 209 Å². The van der Waals surface area contributed by atoms with E-state index in [1.54, 1.807) is 24.3 Å². The number of hydrogen-bond acceptors (Lipinski definition) is 3. The van der Waals surface area contributed by atoms with Crippen molar-refractivity contribution in [2.45, 2.75) is 26.5 Å². The second kappa shape index (κ2) is 13.1. The normalized spacial score (nSPS) is 10.5. The third kappa shape index (κ3) is 7.43. The van der Waals surface area contributed by atoms with Crippen molar-refractivity contribution in [1.29, 1.82) is 0 Å². The summed E-state index contributed by atoms with van der Waals surface area (Å²) in [6.07, 6.45) is 0.599. The second-order valence-electron chi connectivity index (χ2n) is 6.88. The maximum atomic E-state index is 13.7. The van der Waals surface area contributed by atoms with Gasteiger partial charge in [-0.1, -0.05) is 59.1 Å². The lowest BCUT2D eigenvalue weighted by atomic mass is 10.1. The predicted molar refractivity (Wildman–Crippen MR) is 132 cm³/mol. The van der Waals surface area contributed by atoms with E-state index in [9.17, 15) is 4.39 Å². The first-order chi connectivity index (χ1) is 15.0. The molecule has 0 aliphatic heterocycles. The smallest absolute Gasteiger partial charge is 0.180 e. The van der Waals surface area contributed by atoms with Crippen molar-refractivity contribution in [2.24, 2.45) is 0 Å². The Morgan fingerprint density at radius 2 is 1.69 bits per heavy atom. The molecule has 1 N–H and O–H groups in total. The van der Waals surface area contributed by atoms with E-state index in [4.69, 9.17) is 44.3 Å². The first-order valence-electron chi connectivity index (χ1n) is 9.94. The van der Waals surface area contributed by atoms with Gasteiger partial charge in [-0.2, -0.15) is 0 Å². The van der Waals surface area contributed by atoms with Gasteiger partial charge < -0.3 is 14.8 Å². The summed E-state index contributed by atoms with van der Waals surface area (Å²) in [5, 5.41) is 4.85. The van der Waals surface area contributed by atoms with Crippen LogP contribution < -0.4 is 14.8 Å². The number of halogens is 5. The van der Waals surface area contributed by atoms with E-state index >= 15 is 0 Å². The fourth-order valence-corrected chi connectivity index (χ4v) is 3.82. The summed E-state index contributed by atoms with van der Waals surface area (Å²) >= 11 is 18.7. The minimum absolute atomic E-state index is 0. The Morgan fingerprint density at radius 1 is 0.906 bits per heavy atom. The molecule has 0 atom stereocenters. The summed E-state index contributed by atoms with van der Waals surface area (Å²) in [7, 11) is 0. The second-order valence-corrected chi connectivity index (χ2v) is 8.13. The highest BCUT2D eigenvalue weighted by molar-refractivity contribution is 6.35. The average molecular weight is 519 g/mol. The molecule has 0 saturated carbocycles. The van der Waals surface area contributed by atoms with Gasteiger partial charge in [0.15, 0.2) is 11.5 Å². The van der Waals surface area contributed by atoms with Gasteiger partial charge in [0, 0.05) is 22.2 Å². The molecule has 0 unspecified atom stereocenters.